The molecule has 0 amide bonds. The highest BCUT2D eigenvalue weighted by Crippen LogP contribution is 2.36. The van der Waals surface area contributed by atoms with Crippen molar-refractivity contribution in [3.8, 4) is 5.75 Å². The third-order valence-corrected chi connectivity index (χ3v) is 4.09. The molecule has 0 bridgehead atoms. The van der Waals surface area contributed by atoms with Gasteiger partial charge in [-0.1, -0.05) is 18.2 Å². The van der Waals surface area contributed by atoms with Crippen molar-refractivity contribution in [2.24, 2.45) is 0 Å². The summed E-state index contributed by atoms with van der Waals surface area (Å²) < 4.78 is 11.3. The van der Waals surface area contributed by atoms with Crippen molar-refractivity contribution in [1.82, 2.24) is 4.98 Å². The quantitative estimate of drug-likeness (QED) is 0.538. The van der Waals surface area contributed by atoms with Crippen LogP contribution in [0.1, 0.15) is 17.4 Å². The third-order valence-electron chi connectivity index (χ3n) is 4.09. The van der Waals surface area contributed by atoms with Crippen LogP contribution in [0.15, 0.2) is 46.9 Å². The van der Waals surface area contributed by atoms with Crippen LogP contribution in [-0.2, 0) is 11.2 Å². The second kappa shape index (κ2) is 5.12. The summed E-state index contributed by atoms with van der Waals surface area (Å²) in [4.78, 5) is 18.8. The minimum Gasteiger partial charge on any atom is -0.440 e. The zero-order valence-corrected chi connectivity index (χ0v) is 12.9. The summed E-state index contributed by atoms with van der Waals surface area (Å²) >= 11 is 0. The topological polar surface area (TPSA) is 55.6 Å². The van der Waals surface area contributed by atoms with E-state index in [9.17, 15) is 4.79 Å². The first kappa shape index (κ1) is 13.8. The largest absolute Gasteiger partial charge is 0.440 e. The fourth-order valence-electron chi connectivity index (χ4n) is 2.80. The summed E-state index contributed by atoms with van der Waals surface area (Å²) in [6.07, 6.45) is 0.536. The average molecular weight is 308 g/mol. The maximum absolute atomic E-state index is 12.4. The first-order valence-corrected chi connectivity index (χ1v) is 7.49. The van der Waals surface area contributed by atoms with Crippen LogP contribution in [-0.4, -0.2) is 25.0 Å². The van der Waals surface area contributed by atoms with Gasteiger partial charge in [-0.25, -0.2) is 4.98 Å². The number of para-hydroxylation sites is 2. The van der Waals surface area contributed by atoms with Crippen molar-refractivity contribution in [2.75, 3.05) is 19.0 Å². The molecule has 116 valence electrons. The van der Waals surface area contributed by atoms with Gasteiger partial charge < -0.3 is 14.1 Å². The fraction of sp³-hybridized carbons (Fsp3) is 0.222. The lowest BCUT2D eigenvalue weighted by Gasteiger charge is -2.23. The van der Waals surface area contributed by atoms with E-state index in [-0.39, 0.29) is 5.97 Å². The van der Waals surface area contributed by atoms with Crippen LogP contribution in [0.4, 0.5) is 5.69 Å². The zero-order valence-electron chi connectivity index (χ0n) is 12.9. The molecule has 1 aromatic heterocycles. The predicted octanol–water partition coefficient (Wildman–Crippen LogP) is 3.14. The van der Waals surface area contributed by atoms with Gasteiger partial charge in [-0.3, -0.25) is 4.79 Å². The van der Waals surface area contributed by atoms with Crippen LogP contribution in [0.3, 0.4) is 0 Å². The highest BCUT2D eigenvalue weighted by Gasteiger charge is 2.33. The molecular formula is C18H16N2O3. The Bertz CT molecular complexity index is 865. The normalized spacial score (nSPS) is 17.0. The van der Waals surface area contributed by atoms with Crippen molar-refractivity contribution in [1.29, 1.82) is 0 Å². The van der Waals surface area contributed by atoms with Crippen molar-refractivity contribution in [3.63, 3.8) is 0 Å². The van der Waals surface area contributed by atoms with E-state index in [4.69, 9.17) is 9.15 Å². The molecule has 3 aromatic rings. The number of carbonyl (C=O) groups excluding carboxylic acids is 1. The van der Waals surface area contributed by atoms with Gasteiger partial charge in [-0.05, 0) is 30.2 Å². The number of aromatic nitrogens is 1. The van der Waals surface area contributed by atoms with Gasteiger partial charge >= 0.3 is 5.97 Å². The van der Waals surface area contributed by atoms with Crippen LogP contribution in [0.5, 0.6) is 5.75 Å². The summed E-state index contributed by atoms with van der Waals surface area (Å²) in [6, 6.07) is 13.4. The lowest BCUT2D eigenvalue weighted by Crippen LogP contribution is -2.26. The molecule has 1 aliphatic rings. The Labute approximate surface area is 133 Å². The van der Waals surface area contributed by atoms with Gasteiger partial charge in [0.15, 0.2) is 5.58 Å². The highest BCUT2D eigenvalue weighted by atomic mass is 16.5. The Morgan fingerprint density at radius 2 is 2.00 bits per heavy atom. The van der Waals surface area contributed by atoms with E-state index in [0.29, 0.717) is 23.6 Å². The molecule has 4 rings (SSSR count). The number of ether oxygens (including phenoxy) is 1. The minimum absolute atomic E-state index is 0.319. The number of esters is 1. The number of carbonyl (C=O) groups is 1. The summed E-state index contributed by atoms with van der Waals surface area (Å²) in [5.41, 5.74) is 3.42. The molecule has 23 heavy (non-hydrogen) atoms. The number of hydrogen-bond donors (Lipinski definition) is 0. The van der Waals surface area contributed by atoms with Gasteiger partial charge in [0.05, 0.1) is 0 Å². The van der Waals surface area contributed by atoms with Crippen molar-refractivity contribution >= 4 is 22.8 Å². The molecule has 0 radical (unpaired) electrons. The number of rotatable bonds is 2. The molecule has 0 fully saturated rings. The van der Waals surface area contributed by atoms with Crippen LogP contribution in [0.25, 0.3) is 11.1 Å². The standard InChI is InChI=1S/C18H16N2O3/c1-20(2)12-8-7-11-9-13(18(21)23-16(11)10-12)17-19-14-5-3-4-6-15(14)22-17/h3-8,10,13H,9H2,1-2H3. The van der Waals surface area contributed by atoms with Gasteiger partial charge in [0.1, 0.15) is 17.2 Å². The van der Waals surface area contributed by atoms with E-state index in [2.05, 4.69) is 4.98 Å². The minimum atomic E-state index is -0.500. The van der Waals surface area contributed by atoms with Gasteiger partial charge in [0.2, 0.25) is 5.89 Å². The van der Waals surface area contributed by atoms with Crippen molar-refractivity contribution in [2.45, 2.75) is 12.3 Å². The SMILES string of the molecule is CN(C)c1ccc2c(c1)OC(=O)C(c1nc3ccccc3o1)C2. The number of anilines is 1. The Hall–Kier alpha value is -2.82. The van der Waals surface area contributed by atoms with Crippen LogP contribution >= 0.6 is 0 Å². The summed E-state index contributed by atoms with van der Waals surface area (Å²) in [6.45, 7) is 0. The van der Waals surface area contributed by atoms with Gasteiger partial charge in [0, 0.05) is 25.8 Å². The van der Waals surface area contributed by atoms with E-state index in [1.165, 1.54) is 0 Å². The predicted molar refractivity (Wildman–Crippen MR) is 86.9 cm³/mol. The summed E-state index contributed by atoms with van der Waals surface area (Å²) in [7, 11) is 3.90. The Morgan fingerprint density at radius 3 is 2.78 bits per heavy atom. The van der Waals surface area contributed by atoms with Gasteiger partial charge in [0.25, 0.3) is 0 Å². The Balaban J connectivity index is 1.70. The Kier molecular flexibility index (Phi) is 3.08. The van der Waals surface area contributed by atoms with Crippen molar-refractivity contribution < 1.29 is 13.9 Å². The maximum Gasteiger partial charge on any atom is 0.324 e. The van der Waals surface area contributed by atoms with E-state index < -0.39 is 5.92 Å². The molecular weight excluding hydrogens is 292 g/mol. The van der Waals surface area contributed by atoms with Gasteiger partial charge in [-0.15, -0.1) is 0 Å². The molecule has 0 spiro atoms. The molecule has 1 atom stereocenters. The van der Waals surface area contributed by atoms with Gasteiger partial charge in [-0.2, -0.15) is 0 Å². The van der Waals surface area contributed by atoms with E-state index in [1.54, 1.807) is 0 Å². The van der Waals surface area contributed by atoms with E-state index >= 15 is 0 Å². The average Bonchev–Trinajstić information content (AvgIpc) is 2.97. The number of oxazole rings is 1. The zero-order chi connectivity index (χ0) is 16.0. The van der Waals surface area contributed by atoms with E-state index in [1.807, 2.05) is 61.5 Å². The van der Waals surface area contributed by atoms with Crippen LogP contribution < -0.4 is 9.64 Å². The smallest absolute Gasteiger partial charge is 0.324 e. The number of nitrogens with zero attached hydrogens (tertiary/aromatic N) is 2. The molecule has 5 heteroatoms. The molecule has 0 aliphatic carbocycles. The lowest BCUT2D eigenvalue weighted by atomic mass is 9.95. The van der Waals surface area contributed by atoms with E-state index in [0.717, 1.165) is 16.8 Å². The number of hydrogen-bond acceptors (Lipinski definition) is 5. The first-order valence-electron chi connectivity index (χ1n) is 7.49. The van der Waals surface area contributed by atoms with Crippen molar-refractivity contribution in [3.05, 3.63) is 53.9 Å². The second-order valence-electron chi connectivity index (χ2n) is 5.88. The second-order valence-corrected chi connectivity index (χ2v) is 5.88. The third kappa shape index (κ3) is 2.34. The molecule has 2 aromatic carbocycles. The molecule has 0 N–H and O–H groups in total. The molecule has 0 saturated carbocycles. The summed E-state index contributed by atoms with van der Waals surface area (Å²) in [5.74, 6) is 0.215. The number of fused-ring (bicyclic) bond motifs is 2. The lowest BCUT2D eigenvalue weighted by molar-refractivity contribution is -0.137. The Morgan fingerprint density at radius 1 is 1.17 bits per heavy atom. The highest BCUT2D eigenvalue weighted by molar-refractivity contribution is 5.83. The van der Waals surface area contributed by atoms with Crippen LogP contribution in [0.2, 0.25) is 0 Å². The molecule has 0 saturated heterocycles. The fourth-order valence-corrected chi connectivity index (χ4v) is 2.80. The number of benzene rings is 2. The monoisotopic (exact) mass is 308 g/mol. The molecule has 2 heterocycles. The summed E-state index contributed by atoms with van der Waals surface area (Å²) in [5, 5.41) is 0. The maximum atomic E-state index is 12.4. The molecule has 1 aliphatic heterocycles. The first-order chi connectivity index (χ1) is 11.1. The van der Waals surface area contributed by atoms with Crippen LogP contribution in [0, 0.1) is 0 Å². The molecule has 1 unspecified atom stereocenters. The molecule has 5 nitrogen and oxygen atoms in total.